The van der Waals surface area contributed by atoms with Gasteiger partial charge < -0.3 is 11.1 Å². The van der Waals surface area contributed by atoms with Crippen LogP contribution in [0.15, 0.2) is 24.3 Å². The van der Waals surface area contributed by atoms with E-state index in [9.17, 15) is 4.79 Å². The second kappa shape index (κ2) is 8.76. The van der Waals surface area contributed by atoms with Crippen molar-refractivity contribution in [3.63, 3.8) is 0 Å². The Kier molecular flexibility index (Phi) is 7.67. The zero-order valence-corrected chi connectivity index (χ0v) is 14.8. The van der Waals surface area contributed by atoms with Crippen molar-refractivity contribution >= 4 is 29.9 Å². The summed E-state index contributed by atoms with van der Waals surface area (Å²) in [5, 5.41) is 3.88. The Balaban J connectivity index is 0.00000242. The van der Waals surface area contributed by atoms with Gasteiger partial charge in [-0.15, -0.1) is 12.4 Å². The summed E-state index contributed by atoms with van der Waals surface area (Å²) >= 11 is 6.06. The Morgan fingerprint density at radius 3 is 2.45 bits per heavy atom. The number of nitrogens with two attached hydrogens (primary N) is 1. The van der Waals surface area contributed by atoms with Crippen LogP contribution in [0.4, 0.5) is 0 Å². The monoisotopic (exact) mass is 344 g/mol. The molecule has 1 aliphatic carbocycles. The molecule has 0 aromatic heterocycles. The zero-order valence-electron chi connectivity index (χ0n) is 13.2. The van der Waals surface area contributed by atoms with E-state index in [4.69, 9.17) is 17.3 Å². The van der Waals surface area contributed by atoms with Crippen LogP contribution in [-0.2, 0) is 4.79 Å². The Morgan fingerprint density at radius 1 is 1.27 bits per heavy atom. The SMILES string of the molecule is CC(C)C(C(=O)NC1CCC(N)CC1)c1cccc(Cl)c1.Cl. The highest BCUT2D eigenvalue weighted by Gasteiger charge is 2.27. The summed E-state index contributed by atoms with van der Waals surface area (Å²) < 4.78 is 0. The summed E-state index contributed by atoms with van der Waals surface area (Å²) in [5.74, 6) is 0.182. The topological polar surface area (TPSA) is 55.1 Å². The third kappa shape index (κ3) is 5.15. The van der Waals surface area contributed by atoms with Crippen molar-refractivity contribution < 1.29 is 4.79 Å². The van der Waals surface area contributed by atoms with E-state index in [0.717, 1.165) is 31.2 Å². The van der Waals surface area contributed by atoms with Crippen LogP contribution in [0.3, 0.4) is 0 Å². The smallest absolute Gasteiger partial charge is 0.228 e. The maximum Gasteiger partial charge on any atom is 0.228 e. The van der Waals surface area contributed by atoms with Crippen molar-refractivity contribution in [2.45, 2.75) is 57.5 Å². The number of amides is 1. The van der Waals surface area contributed by atoms with E-state index in [-0.39, 0.29) is 36.2 Å². The van der Waals surface area contributed by atoms with Crippen molar-refractivity contribution in [1.29, 1.82) is 0 Å². The Labute approximate surface area is 144 Å². The average molecular weight is 345 g/mol. The highest BCUT2D eigenvalue weighted by Crippen LogP contribution is 2.28. The van der Waals surface area contributed by atoms with Crippen molar-refractivity contribution in [1.82, 2.24) is 5.32 Å². The van der Waals surface area contributed by atoms with Gasteiger partial charge in [-0.05, 0) is 49.3 Å². The van der Waals surface area contributed by atoms with Crippen LogP contribution in [0, 0.1) is 5.92 Å². The fourth-order valence-corrected chi connectivity index (χ4v) is 3.29. The van der Waals surface area contributed by atoms with Gasteiger partial charge in [-0.2, -0.15) is 0 Å². The first-order valence-corrected chi connectivity index (χ1v) is 8.16. The lowest BCUT2D eigenvalue weighted by atomic mass is 9.86. The van der Waals surface area contributed by atoms with Crippen LogP contribution in [0.1, 0.15) is 51.0 Å². The normalized spacial score (nSPS) is 22.8. The second-order valence-corrected chi connectivity index (χ2v) is 6.83. The maximum absolute atomic E-state index is 12.7. The number of hydrogen-bond donors (Lipinski definition) is 2. The summed E-state index contributed by atoms with van der Waals surface area (Å²) in [4.78, 5) is 12.7. The van der Waals surface area contributed by atoms with E-state index in [1.165, 1.54) is 0 Å². The van der Waals surface area contributed by atoms with Gasteiger partial charge in [0.05, 0.1) is 5.92 Å². The molecule has 3 nitrogen and oxygen atoms in total. The molecule has 1 fully saturated rings. The predicted octanol–water partition coefficient (Wildman–Crippen LogP) is 3.89. The molecule has 1 aromatic rings. The number of benzene rings is 1. The summed E-state index contributed by atoms with van der Waals surface area (Å²) in [6.45, 7) is 4.14. The average Bonchev–Trinajstić information content (AvgIpc) is 2.41. The van der Waals surface area contributed by atoms with Crippen molar-refractivity contribution in [3.8, 4) is 0 Å². The first kappa shape index (κ1) is 19.3. The lowest BCUT2D eigenvalue weighted by molar-refractivity contribution is -0.124. The molecule has 1 amide bonds. The lowest BCUT2D eigenvalue weighted by Crippen LogP contribution is -2.43. The minimum absolute atomic E-state index is 0. The predicted molar refractivity (Wildman–Crippen MR) is 94.7 cm³/mol. The lowest BCUT2D eigenvalue weighted by Gasteiger charge is -2.29. The van der Waals surface area contributed by atoms with Crippen LogP contribution in [0.5, 0.6) is 0 Å². The van der Waals surface area contributed by atoms with E-state index < -0.39 is 0 Å². The second-order valence-electron chi connectivity index (χ2n) is 6.40. The molecule has 3 N–H and O–H groups in total. The van der Waals surface area contributed by atoms with Gasteiger partial charge in [0, 0.05) is 17.1 Å². The zero-order chi connectivity index (χ0) is 15.4. The van der Waals surface area contributed by atoms with Crippen LogP contribution in [-0.4, -0.2) is 18.0 Å². The Morgan fingerprint density at radius 2 is 1.91 bits per heavy atom. The van der Waals surface area contributed by atoms with Gasteiger partial charge in [0.15, 0.2) is 0 Å². The minimum atomic E-state index is -0.153. The third-order valence-electron chi connectivity index (χ3n) is 4.28. The van der Waals surface area contributed by atoms with Gasteiger partial charge >= 0.3 is 0 Å². The largest absolute Gasteiger partial charge is 0.353 e. The Hall–Kier alpha value is -0.770. The molecule has 1 atom stereocenters. The number of hydrogen-bond acceptors (Lipinski definition) is 2. The molecular weight excluding hydrogens is 319 g/mol. The third-order valence-corrected chi connectivity index (χ3v) is 4.51. The summed E-state index contributed by atoms with van der Waals surface area (Å²) in [6, 6.07) is 8.17. The van der Waals surface area contributed by atoms with Gasteiger partial charge in [0.1, 0.15) is 0 Å². The summed E-state index contributed by atoms with van der Waals surface area (Å²) in [6.07, 6.45) is 3.95. The molecule has 0 heterocycles. The fourth-order valence-electron chi connectivity index (χ4n) is 3.09. The molecule has 1 saturated carbocycles. The summed E-state index contributed by atoms with van der Waals surface area (Å²) in [7, 11) is 0. The first-order chi connectivity index (χ1) is 9.97. The quantitative estimate of drug-likeness (QED) is 0.870. The molecule has 2 rings (SSSR count). The Bertz CT molecular complexity index is 485. The molecule has 0 aliphatic heterocycles. The van der Waals surface area contributed by atoms with Crippen molar-refractivity contribution in [2.24, 2.45) is 11.7 Å². The number of nitrogens with one attached hydrogen (secondary N) is 1. The minimum Gasteiger partial charge on any atom is -0.353 e. The highest BCUT2D eigenvalue weighted by molar-refractivity contribution is 6.30. The van der Waals surface area contributed by atoms with E-state index in [2.05, 4.69) is 19.2 Å². The van der Waals surface area contributed by atoms with Gasteiger partial charge in [-0.1, -0.05) is 37.6 Å². The highest BCUT2D eigenvalue weighted by atomic mass is 35.5. The standard InChI is InChI=1S/C17H25ClN2O.ClH/c1-11(2)16(12-4-3-5-13(18)10-12)17(21)20-15-8-6-14(19)7-9-15;/h3-5,10-11,14-16H,6-9,19H2,1-2H3,(H,20,21);1H. The molecular formula is C17H26Cl2N2O. The number of halogens is 2. The van der Waals surface area contributed by atoms with Crippen LogP contribution < -0.4 is 11.1 Å². The van der Waals surface area contributed by atoms with Gasteiger partial charge in [-0.25, -0.2) is 0 Å². The van der Waals surface area contributed by atoms with Gasteiger partial charge in [-0.3, -0.25) is 4.79 Å². The van der Waals surface area contributed by atoms with Gasteiger partial charge in [0.2, 0.25) is 5.91 Å². The molecule has 0 radical (unpaired) electrons. The number of carbonyl (C=O) groups is 1. The molecule has 1 unspecified atom stereocenters. The molecule has 0 saturated heterocycles. The van der Waals surface area contributed by atoms with E-state index in [1.807, 2.05) is 24.3 Å². The van der Waals surface area contributed by atoms with Crippen LogP contribution in [0.25, 0.3) is 0 Å². The van der Waals surface area contributed by atoms with E-state index in [1.54, 1.807) is 0 Å². The molecule has 0 bridgehead atoms. The number of carbonyl (C=O) groups excluding carboxylic acids is 1. The molecule has 22 heavy (non-hydrogen) atoms. The van der Waals surface area contributed by atoms with E-state index in [0.29, 0.717) is 11.1 Å². The number of rotatable bonds is 4. The van der Waals surface area contributed by atoms with Crippen molar-refractivity contribution in [2.75, 3.05) is 0 Å². The van der Waals surface area contributed by atoms with Crippen molar-refractivity contribution in [3.05, 3.63) is 34.9 Å². The summed E-state index contributed by atoms with van der Waals surface area (Å²) in [5.41, 5.74) is 6.90. The molecule has 0 spiro atoms. The molecule has 5 heteroatoms. The van der Waals surface area contributed by atoms with Crippen LogP contribution >= 0.6 is 24.0 Å². The van der Waals surface area contributed by atoms with Crippen LogP contribution in [0.2, 0.25) is 5.02 Å². The fraction of sp³-hybridized carbons (Fsp3) is 0.588. The maximum atomic E-state index is 12.7. The first-order valence-electron chi connectivity index (χ1n) is 7.78. The van der Waals surface area contributed by atoms with Gasteiger partial charge in [0.25, 0.3) is 0 Å². The molecule has 1 aromatic carbocycles. The molecule has 124 valence electrons. The van der Waals surface area contributed by atoms with E-state index >= 15 is 0 Å². The molecule has 1 aliphatic rings.